The monoisotopic (exact) mass is 610 g/mol. The molecule has 0 unspecified atom stereocenters. The van der Waals surface area contributed by atoms with E-state index in [1.807, 2.05) is 12.1 Å². The first-order valence-corrected chi connectivity index (χ1v) is 13.2. The molecule has 3 heterocycles. The molecule has 2 aromatic carbocycles. The summed E-state index contributed by atoms with van der Waals surface area (Å²) in [6.45, 7) is 3.48. The molecule has 0 aliphatic carbocycles. The third-order valence-electron chi connectivity index (χ3n) is 6.52. The second-order valence-electron chi connectivity index (χ2n) is 9.14. The second-order valence-corrected chi connectivity index (χ2v) is 10.1. The molecule has 3 aromatic heterocycles. The van der Waals surface area contributed by atoms with Crippen molar-refractivity contribution < 1.29 is 9.53 Å². The standard InChI is InChI=1S/C30H23BrN6O4/c1-18-8-7-15-36-26(18)34-28(41-23-13-11-21(31)12-14-23)24(29(36)39)16-20(17-32)27(38)33-25-19(2)35(3)37(30(25)40)22-9-5-4-6-10-22/h4-16H,1-3H3,(H,33,38). The number of ether oxygens (including phenoxy) is 1. The summed E-state index contributed by atoms with van der Waals surface area (Å²) in [5, 5.41) is 12.5. The van der Waals surface area contributed by atoms with Gasteiger partial charge in [0, 0.05) is 17.7 Å². The third kappa shape index (κ3) is 5.20. The lowest BCUT2D eigenvalue weighted by molar-refractivity contribution is -0.112. The van der Waals surface area contributed by atoms with Crippen LogP contribution in [0.1, 0.15) is 16.8 Å². The van der Waals surface area contributed by atoms with Gasteiger partial charge in [0.15, 0.2) is 0 Å². The lowest BCUT2D eigenvalue weighted by Gasteiger charge is -2.11. The summed E-state index contributed by atoms with van der Waals surface area (Å²) in [6, 6.07) is 21.2. The average molecular weight is 611 g/mol. The Kier molecular flexibility index (Phi) is 7.42. The van der Waals surface area contributed by atoms with Gasteiger partial charge in [0.05, 0.1) is 11.4 Å². The number of hydrogen-bond acceptors (Lipinski definition) is 6. The zero-order valence-electron chi connectivity index (χ0n) is 22.3. The van der Waals surface area contributed by atoms with E-state index < -0.39 is 22.6 Å². The maximum absolute atomic E-state index is 13.6. The molecule has 10 nitrogen and oxygen atoms in total. The quantitative estimate of drug-likeness (QED) is 0.215. The number of para-hydroxylation sites is 1. The minimum atomic E-state index is -0.859. The van der Waals surface area contributed by atoms with Crippen molar-refractivity contribution in [3.8, 4) is 23.4 Å². The van der Waals surface area contributed by atoms with E-state index in [9.17, 15) is 19.6 Å². The lowest BCUT2D eigenvalue weighted by Crippen LogP contribution is -2.24. The summed E-state index contributed by atoms with van der Waals surface area (Å²) in [5.41, 5.74) is 0.682. The molecule has 0 saturated carbocycles. The Balaban J connectivity index is 1.59. The van der Waals surface area contributed by atoms with Crippen LogP contribution >= 0.6 is 15.9 Å². The number of nitriles is 1. The summed E-state index contributed by atoms with van der Waals surface area (Å²) in [6.07, 6.45) is 2.67. The smallest absolute Gasteiger partial charge is 0.295 e. The number of halogens is 1. The van der Waals surface area contributed by atoms with Gasteiger partial charge in [-0.1, -0.05) is 40.2 Å². The Hall–Kier alpha value is -5.21. The van der Waals surface area contributed by atoms with Crippen LogP contribution in [0.3, 0.4) is 0 Å². The summed E-state index contributed by atoms with van der Waals surface area (Å²) >= 11 is 3.37. The van der Waals surface area contributed by atoms with Crippen LogP contribution in [-0.4, -0.2) is 24.7 Å². The molecule has 5 rings (SSSR count). The summed E-state index contributed by atoms with van der Waals surface area (Å²) < 4.78 is 11.1. The molecule has 0 spiro atoms. The first kappa shape index (κ1) is 27.4. The van der Waals surface area contributed by atoms with Gasteiger partial charge in [-0.2, -0.15) is 10.2 Å². The molecule has 0 bridgehead atoms. The van der Waals surface area contributed by atoms with Crippen molar-refractivity contribution in [3.63, 3.8) is 0 Å². The van der Waals surface area contributed by atoms with Crippen LogP contribution in [0, 0.1) is 25.2 Å². The Morgan fingerprint density at radius 1 is 1.02 bits per heavy atom. The van der Waals surface area contributed by atoms with E-state index in [0.29, 0.717) is 22.8 Å². The number of hydrogen-bond donors (Lipinski definition) is 1. The molecule has 0 atom stereocenters. The molecule has 0 aliphatic heterocycles. The van der Waals surface area contributed by atoms with Crippen molar-refractivity contribution in [2.24, 2.45) is 7.05 Å². The highest BCUT2D eigenvalue weighted by molar-refractivity contribution is 9.10. The summed E-state index contributed by atoms with van der Waals surface area (Å²) in [5.74, 6) is -0.534. The number of fused-ring (bicyclic) bond motifs is 1. The molecule has 1 amide bonds. The second kappa shape index (κ2) is 11.1. The number of carbonyl (C=O) groups is 1. The maximum Gasteiger partial charge on any atom is 0.295 e. The van der Waals surface area contributed by atoms with Crippen molar-refractivity contribution >= 4 is 39.2 Å². The van der Waals surface area contributed by atoms with E-state index in [1.165, 1.54) is 9.08 Å². The lowest BCUT2D eigenvalue weighted by atomic mass is 10.1. The molecule has 11 heteroatoms. The average Bonchev–Trinajstić information content (AvgIpc) is 3.18. The number of carbonyl (C=O) groups excluding carboxylic acids is 1. The van der Waals surface area contributed by atoms with Crippen molar-refractivity contribution in [1.29, 1.82) is 5.26 Å². The summed E-state index contributed by atoms with van der Waals surface area (Å²) in [7, 11) is 1.69. The van der Waals surface area contributed by atoms with Crippen LogP contribution in [0.15, 0.2) is 92.6 Å². The zero-order valence-corrected chi connectivity index (χ0v) is 23.8. The highest BCUT2D eigenvalue weighted by Crippen LogP contribution is 2.26. The van der Waals surface area contributed by atoms with Gasteiger partial charge in [0.2, 0.25) is 5.88 Å². The van der Waals surface area contributed by atoms with Crippen LogP contribution in [-0.2, 0) is 11.8 Å². The molecule has 0 fully saturated rings. The van der Waals surface area contributed by atoms with Crippen LogP contribution in [0.25, 0.3) is 17.4 Å². The molecule has 204 valence electrons. The Morgan fingerprint density at radius 2 is 1.73 bits per heavy atom. The largest absolute Gasteiger partial charge is 0.438 e. The van der Waals surface area contributed by atoms with Crippen molar-refractivity contribution in [3.05, 3.63) is 121 Å². The molecule has 5 aromatic rings. The van der Waals surface area contributed by atoms with Gasteiger partial charge >= 0.3 is 0 Å². The van der Waals surface area contributed by atoms with E-state index in [4.69, 9.17) is 4.74 Å². The minimum Gasteiger partial charge on any atom is -0.438 e. The maximum atomic E-state index is 13.6. The normalized spacial score (nSPS) is 11.3. The van der Waals surface area contributed by atoms with Gasteiger partial charge in [-0.05, 0) is 68.0 Å². The van der Waals surface area contributed by atoms with Crippen LogP contribution in [0.2, 0.25) is 0 Å². The highest BCUT2D eigenvalue weighted by Gasteiger charge is 2.22. The number of nitrogens with one attached hydrogen (secondary N) is 1. The topological polar surface area (TPSA) is 123 Å². The SMILES string of the molecule is Cc1cccn2c(=O)c(C=C(C#N)C(=O)Nc3c(C)n(C)n(-c4ccccc4)c3=O)c(Oc3ccc(Br)cc3)nc12. The number of amides is 1. The highest BCUT2D eigenvalue weighted by atomic mass is 79.9. The Bertz CT molecular complexity index is 2000. The van der Waals surface area contributed by atoms with Gasteiger partial charge in [0.1, 0.15) is 34.3 Å². The van der Waals surface area contributed by atoms with Crippen molar-refractivity contribution in [2.75, 3.05) is 5.32 Å². The van der Waals surface area contributed by atoms with Crippen molar-refractivity contribution in [2.45, 2.75) is 13.8 Å². The Morgan fingerprint density at radius 3 is 2.41 bits per heavy atom. The number of anilines is 1. The fraction of sp³-hybridized carbons (Fsp3) is 0.100. The van der Waals surface area contributed by atoms with Crippen LogP contribution in [0.4, 0.5) is 5.69 Å². The number of rotatable bonds is 6. The minimum absolute atomic E-state index is 0.0119. The molecule has 41 heavy (non-hydrogen) atoms. The first-order valence-electron chi connectivity index (χ1n) is 12.4. The fourth-order valence-corrected chi connectivity index (χ4v) is 4.56. The van der Waals surface area contributed by atoms with Gasteiger partial charge in [0.25, 0.3) is 17.0 Å². The van der Waals surface area contributed by atoms with Gasteiger partial charge in [-0.25, -0.2) is 4.68 Å². The predicted octanol–water partition coefficient (Wildman–Crippen LogP) is 4.90. The van der Waals surface area contributed by atoms with Gasteiger partial charge in [-0.3, -0.25) is 23.5 Å². The predicted molar refractivity (Wildman–Crippen MR) is 158 cm³/mol. The fourth-order valence-electron chi connectivity index (χ4n) is 4.29. The number of benzene rings is 2. The summed E-state index contributed by atoms with van der Waals surface area (Å²) in [4.78, 5) is 44.7. The third-order valence-corrected chi connectivity index (χ3v) is 7.05. The number of nitrogens with zero attached hydrogens (tertiary/aromatic N) is 5. The zero-order chi connectivity index (χ0) is 29.3. The molecular formula is C30H23BrN6O4. The first-order chi connectivity index (χ1) is 19.7. The molecule has 0 aliphatic rings. The van der Waals surface area contributed by atoms with Crippen LogP contribution in [0.5, 0.6) is 11.6 Å². The number of pyridine rings is 1. The molecular weight excluding hydrogens is 588 g/mol. The molecule has 1 N–H and O–H groups in total. The van der Waals surface area contributed by atoms with E-state index in [0.717, 1.165) is 16.1 Å². The molecule has 0 saturated heterocycles. The molecule has 0 radical (unpaired) electrons. The van der Waals surface area contributed by atoms with Gasteiger partial charge < -0.3 is 10.1 Å². The van der Waals surface area contributed by atoms with Gasteiger partial charge in [-0.15, -0.1) is 0 Å². The van der Waals surface area contributed by atoms with Crippen LogP contribution < -0.4 is 21.2 Å². The Labute approximate surface area is 242 Å². The van der Waals surface area contributed by atoms with E-state index in [1.54, 1.807) is 92.4 Å². The van der Waals surface area contributed by atoms with E-state index >= 15 is 0 Å². The van der Waals surface area contributed by atoms with E-state index in [-0.39, 0.29) is 17.1 Å². The van der Waals surface area contributed by atoms with Crippen molar-refractivity contribution in [1.82, 2.24) is 18.7 Å². The number of aryl methyl sites for hydroxylation is 1. The number of aromatic nitrogens is 4. The van der Waals surface area contributed by atoms with E-state index in [2.05, 4.69) is 26.2 Å².